The highest BCUT2D eigenvalue weighted by atomic mass is 19.4. The fourth-order valence-corrected chi connectivity index (χ4v) is 2.70. The van der Waals surface area contributed by atoms with Crippen LogP contribution in [0.15, 0.2) is 30.3 Å². The van der Waals surface area contributed by atoms with E-state index in [4.69, 9.17) is 0 Å². The number of nitrogens with one attached hydrogen (secondary N) is 2. The quantitative estimate of drug-likeness (QED) is 0.554. The maximum absolute atomic E-state index is 14.1. The highest BCUT2D eigenvalue weighted by Crippen LogP contribution is 2.61. The lowest BCUT2D eigenvalue weighted by Crippen LogP contribution is -2.72. The molecule has 2 atom stereocenters. The summed E-state index contributed by atoms with van der Waals surface area (Å²) >= 11 is 0. The first-order valence-electron chi connectivity index (χ1n) is 7.84. The zero-order chi connectivity index (χ0) is 23.4. The topological polar surface area (TPSA) is 24.1 Å². The smallest absolute Gasteiger partial charge is 0.250 e. The Kier molecular flexibility index (Phi) is 5.83. The molecular weight excluding hydrogens is 455 g/mol. The van der Waals surface area contributed by atoms with Crippen molar-refractivity contribution < 1.29 is 57.1 Å². The van der Waals surface area contributed by atoms with Crippen molar-refractivity contribution in [3.8, 4) is 0 Å². The molecule has 1 saturated heterocycles. The molecule has 15 heteroatoms. The summed E-state index contributed by atoms with van der Waals surface area (Å²) in [6, 6.07) is 2.67. The molecule has 0 amide bonds. The maximum atomic E-state index is 14.1. The Hall–Kier alpha value is -1.77. The molecule has 0 spiro atoms. The monoisotopic (exact) mass is 466 g/mol. The average Bonchev–Trinajstić information content (AvgIpc) is 3.11. The van der Waals surface area contributed by atoms with Gasteiger partial charge < -0.3 is 0 Å². The number of rotatable bonds is 6. The molecule has 2 rings (SSSR count). The Labute approximate surface area is 159 Å². The van der Waals surface area contributed by atoms with Crippen LogP contribution in [0.1, 0.15) is 18.0 Å². The summed E-state index contributed by atoms with van der Waals surface area (Å²) in [5, 5.41) is 0. The minimum absolute atomic E-state index is 0.187. The first-order chi connectivity index (χ1) is 13.3. The molecule has 0 aromatic heterocycles. The zero-order valence-electron chi connectivity index (χ0n) is 14.2. The Morgan fingerprint density at radius 2 is 1.07 bits per heavy atom. The van der Waals surface area contributed by atoms with Crippen LogP contribution >= 0.6 is 0 Å². The largest absolute Gasteiger partial charge is 0.460 e. The van der Waals surface area contributed by atoms with E-state index in [0.29, 0.717) is 0 Å². The number of hydrazine groups is 1. The van der Waals surface area contributed by atoms with Crippen molar-refractivity contribution in [2.24, 2.45) is 0 Å². The summed E-state index contributed by atoms with van der Waals surface area (Å²) in [6.07, 6.45) is -8.53. The van der Waals surface area contributed by atoms with Gasteiger partial charge >= 0.3 is 35.8 Å². The van der Waals surface area contributed by atoms with Crippen LogP contribution in [0.5, 0.6) is 0 Å². The van der Waals surface area contributed by atoms with Crippen molar-refractivity contribution in [1.29, 1.82) is 0 Å². The molecule has 0 bridgehead atoms. The zero-order valence-corrected chi connectivity index (χ0v) is 14.2. The van der Waals surface area contributed by atoms with Gasteiger partial charge in [-0.15, -0.1) is 0 Å². The van der Waals surface area contributed by atoms with Crippen LogP contribution in [0.4, 0.5) is 57.1 Å². The molecule has 1 aliphatic heterocycles. The summed E-state index contributed by atoms with van der Waals surface area (Å²) in [7, 11) is 0. The van der Waals surface area contributed by atoms with Gasteiger partial charge in [-0.05, 0) is 12.0 Å². The van der Waals surface area contributed by atoms with E-state index in [1.165, 1.54) is 35.8 Å². The number of hydrogen-bond donors (Lipinski definition) is 2. The molecule has 2 N–H and O–H groups in total. The number of alkyl halides is 13. The minimum atomic E-state index is -7.89. The highest BCUT2D eigenvalue weighted by Gasteiger charge is 2.91. The number of benzene rings is 1. The van der Waals surface area contributed by atoms with Crippen LogP contribution in [-0.2, 0) is 0 Å². The maximum Gasteiger partial charge on any atom is 0.460 e. The molecule has 0 saturated carbocycles. The molecule has 2 unspecified atom stereocenters. The van der Waals surface area contributed by atoms with E-state index in [-0.39, 0.29) is 5.56 Å². The molecule has 2 nitrogen and oxygen atoms in total. The van der Waals surface area contributed by atoms with Crippen molar-refractivity contribution in [3.63, 3.8) is 0 Å². The van der Waals surface area contributed by atoms with Gasteiger partial charge in [-0.1, -0.05) is 30.3 Å². The number of hydrogen-bond acceptors (Lipinski definition) is 2. The van der Waals surface area contributed by atoms with Gasteiger partial charge in [0.25, 0.3) is 0 Å². The molecule has 1 fully saturated rings. The van der Waals surface area contributed by atoms with E-state index in [9.17, 15) is 57.1 Å². The lowest BCUT2D eigenvalue weighted by Gasteiger charge is -2.41. The molecular formula is C15H11F13N2. The van der Waals surface area contributed by atoms with E-state index >= 15 is 0 Å². The van der Waals surface area contributed by atoms with Crippen LogP contribution in [-0.4, -0.2) is 41.8 Å². The lowest BCUT2D eigenvalue weighted by atomic mass is 9.88. The minimum Gasteiger partial charge on any atom is -0.250 e. The van der Waals surface area contributed by atoms with Crippen molar-refractivity contribution in [2.45, 2.75) is 54.3 Å². The molecule has 1 aromatic carbocycles. The lowest BCUT2D eigenvalue weighted by molar-refractivity contribution is -0.441. The predicted octanol–water partition coefficient (Wildman–Crippen LogP) is 5.33. The normalized spacial score (nSPS) is 22.4. The molecule has 30 heavy (non-hydrogen) atoms. The second-order valence-electron chi connectivity index (χ2n) is 6.46. The summed E-state index contributed by atoms with van der Waals surface area (Å²) in [6.45, 7) is 0. The van der Waals surface area contributed by atoms with Gasteiger partial charge in [-0.3, -0.25) is 0 Å². The van der Waals surface area contributed by atoms with Gasteiger partial charge in [-0.2, -0.15) is 57.1 Å². The van der Waals surface area contributed by atoms with Gasteiger partial charge in [0.05, 0.1) is 6.04 Å². The first-order valence-corrected chi connectivity index (χ1v) is 7.84. The summed E-state index contributed by atoms with van der Waals surface area (Å²) in [5.41, 5.74) is 3.69. The Bertz CT molecular complexity index is 745. The molecule has 1 aliphatic rings. The second-order valence-corrected chi connectivity index (χ2v) is 6.46. The molecule has 172 valence electrons. The Morgan fingerprint density at radius 1 is 0.600 bits per heavy atom. The fraction of sp³-hybridized carbons (Fsp3) is 0.600. The summed E-state index contributed by atoms with van der Waals surface area (Å²) in [5.74, 6) is -36.9. The van der Waals surface area contributed by atoms with Crippen LogP contribution in [0.2, 0.25) is 0 Å². The molecule has 1 aromatic rings. The van der Waals surface area contributed by atoms with E-state index in [2.05, 4.69) is 0 Å². The average molecular weight is 466 g/mol. The Morgan fingerprint density at radius 3 is 1.53 bits per heavy atom. The second kappa shape index (κ2) is 7.14. The molecule has 0 aliphatic carbocycles. The van der Waals surface area contributed by atoms with Crippen LogP contribution in [0, 0.1) is 0 Å². The Balaban J connectivity index is 2.38. The molecule has 1 heterocycles. The van der Waals surface area contributed by atoms with E-state index in [0.717, 1.165) is 0 Å². The van der Waals surface area contributed by atoms with E-state index in [1.54, 1.807) is 0 Å². The van der Waals surface area contributed by atoms with Crippen molar-refractivity contribution in [2.75, 3.05) is 0 Å². The van der Waals surface area contributed by atoms with Crippen LogP contribution < -0.4 is 10.9 Å². The first kappa shape index (κ1) is 24.5. The van der Waals surface area contributed by atoms with Gasteiger partial charge in [0.2, 0.25) is 0 Å². The third-order valence-corrected chi connectivity index (χ3v) is 4.50. The SMILES string of the molecule is FC(F)(F)C(F)(F)C(F)(F)C(F)(F)C(F)(F)C(F)(F)C1CC(c2ccccc2)NN1. The van der Waals surface area contributed by atoms with Crippen LogP contribution in [0.25, 0.3) is 0 Å². The van der Waals surface area contributed by atoms with Crippen molar-refractivity contribution in [3.05, 3.63) is 35.9 Å². The van der Waals surface area contributed by atoms with Crippen molar-refractivity contribution in [1.82, 2.24) is 10.9 Å². The fourth-order valence-electron chi connectivity index (χ4n) is 2.70. The van der Waals surface area contributed by atoms with Gasteiger partial charge in [-0.25, -0.2) is 10.9 Å². The van der Waals surface area contributed by atoms with E-state index in [1.807, 2.05) is 5.43 Å². The highest BCUT2D eigenvalue weighted by molar-refractivity contribution is 5.21. The third-order valence-electron chi connectivity index (χ3n) is 4.50. The van der Waals surface area contributed by atoms with Gasteiger partial charge in [0, 0.05) is 6.04 Å². The summed E-state index contributed by atoms with van der Waals surface area (Å²) in [4.78, 5) is 0. The van der Waals surface area contributed by atoms with Crippen LogP contribution in [0.3, 0.4) is 0 Å². The van der Waals surface area contributed by atoms with E-state index < -0.39 is 54.3 Å². The molecule has 0 radical (unpaired) electrons. The van der Waals surface area contributed by atoms with Gasteiger partial charge in [0.15, 0.2) is 0 Å². The predicted molar refractivity (Wildman–Crippen MR) is 74.6 cm³/mol. The third kappa shape index (κ3) is 3.39. The standard InChI is InChI=1S/C15H11F13N2/c16-10(17,9-6-8(29-30-9)7-4-2-1-3-5-7)11(18,19)12(20,21)13(22,23)14(24,25)15(26,27)28/h1-5,8-9,29-30H,6H2. The van der Waals surface area contributed by atoms with Gasteiger partial charge in [0.1, 0.15) is 0 Å². The number of halogens is 13. The van der Waals surface area contributed by atoms with Crippen molar-refractivity contribution >= 4 is 0 Å². The summed E-state index contributed by atoms with van der Waals surface area (Å²) < 4.78 is 171.